The second kappa shape index (κ2) is 5.69. The van der Waals surface area contributed by atoms with Gasteiger partial charge in [0.25, 0.3) is 5.91 Å². The zero-order valence-corrected chi connectivity index (χ0v) is 14.2. The molecule has 2 amide bonds. The molecule has 3 aliphatic heterocycles. The third kappa shape index (κ3) is 2.76. The molecule has 0 saturated carbocycles. The van der Waals surface area contributed by atoms with Gasteiger partial charge in [0.15, 0.2) is 5.67 Å². The van der Waals surface area contributed by atoms with Crippen LogP contribution in [0.3, 0.4) is 0 Å². The van der Waals surface area contributed by atoms with E-state index >= 15 is 0 Å². The summed E-state index contributed by atoms with van der Waals surface area (Å²) < 4.78 is 25.0. The smallest absolute Gasteiger partial charge is 0.410 e. The zero-order valence-electron chi connectivity index (χ0n) is 14.2. The van der Waals surface area contributed by atoms with Crippen LogP contribution in [0, 0.1) is 0 Å². The maximum Gasteiger partial charge on any atom is 0.410 e. The lowest BCUT2D eigenvalue weighted by Gasteiger charge is -2.37. The van der Waals surface area contributed by atoms with Gasteiger partial charge in [-0.05, 0) is 17.7 Å². The maximum atomic E-state index is 14.5. The van der Waals surface area contributed by atoms with Gasteiger partial charge in [-0.2, -0.15) is 0 Å². The van der Waals surface area contributed by atoms with Crippen LogP contribution in [0.2, 0.25) is 0 Å². The molecule has 3 fully saturated rings. The Morgan fingerprint density at radius 2 is 1.96 bits per heavy atom. The molecule has 0 atom stereocenters. The molecule has 0 aromatic heterocycles. The quantitative estimate of drug-likeness (QED) is 0.820. The van der Waals surface area contributed by atoms with Crippen molar-refractivity contribution in [3.63, 3.8) is 0 Å². The van der Waals surface area contributed by atoms with Gasteiger partial charge in [0.2, 0.25) is 0 Å². The van der Waals surface area contributed by atoms with Crippen molar-refractivity contribution in [1.29, 1.82) is 0 Å². The normalized spacial score (nSPS) is 24.2. The standard InChI is InChI=1S/C18H21FN2O4/c1-20-10-17(25-16(20)23)5-7-21(8-6-17)15(22)13-3-2-4-14(9-13)18(19)11-24-12-18/h2-4,9H,5-8,10-12H2,1H3. The summed E-state index contributed by atoms with van der Waals surface area (Å²) in [6.07, 6.45) is 0.939. The summed E-state index contributed by atoms with van der Waals surface area (Å²) in [7, 11) is 1.72. The van der Waals surface area contributed by atoms with Crippen molar-refractivity contribution in [2.45, 2.75) is 24.1 Å². The first-order valence-corrected chi connectivity index (χ1v) is 8.52. The van der Waals surface area contributed by atoms with Crippen molar-refractivity contribution in [2.75, 3.05) is 39.9 Å². The van der Waals surface area contributed by atoms with Crippen LogP contribution in [0.15, 0.2) is 24.3 Å². The van der Waals surface area contributed by atoms with Crippen LogP contribution in [-0.4, -0.2) is 67.3 Å². The molecule has 6 nitrogen and oxygen atoms in total. The van der Waals surface area contributed by atoms with Crippen molar-refractivity contribution in [3.8, 4) is 0 Å². The molecular weight excluding hydrogens is 327 g/mol. The Bertz CT molecular complexity index is 711. The molecule has 1 spiro atoms. The number of piperidine rings is 1. The van der Waals surface area contributed by atoms with Gasteiger partial charge in [-0.3, -0.25) is 4.79 Å². The van der Waals surface area contributed by atoms with E-state index in [2.05, 4.69) is 0 Å². The molecule has 3 aliphatic rings. The number of carbonyl (C=O) groups excluding carboxylic acids is 2. The summed E-state index contributed by atoms with van der Waals surface area (Å²) in [5, 5.41) is 0. The molecular formula is C18H21FN2O4. The second-order valence-electron chi connectivity index (χ2n) is 7.24. The Labute approximate surface area is 145 Å². The molecule has 3 saturated heterocycles. The molecule has 134 valence electrons. The predicted octanol–water partition coefficient (Wildman–Crippen LogP) is 1.94. The number of likely N-dealkylation sites (N-methyl/N-ethyl adjacent to an activating group) is 1. The van der Waals surface area contributed by atoms with E-state index in [1.807, 2.05) is 0 Å². The lowest BCUT2D eigenvalue weighted by molar-refractivity contribution is -0.135. The summed E-state index contributed by atoms with van der Waals surface area (Å²) in [6.45, 7) is 1.68. The molecule has 7 heteroatoms. The van der Waals surface area contributed by atoms with Crippen molar-refractivity contribution < 1.29 is 23.5 Å². The van der Waals surface area contributed by atoms with Crippen LogP contribution in [-0.2, 0) is 15.1 Å². The Morgan fingerprint density at radius 3 is 2.52 bits per heavy atom. The van der Waals surface area contributed by atoms with E-state index in [4.69, 9.17) is 9.47 Å². The van der Waals surface area contributed by atoms with Crippen LogP contribution >= 0.6 is 0 Å². The van der Waals surface area contributed by atoms with Crippen molar-refractivity contribution in [1.82, 2.24) is 9.80 Å². The van der Waals surface area contributed by atoms with Crippen molar-refractivity contribution in [3.05, 3.63) is 35.4 Å². The molecule has 0 radical (unpaired) electrons. The van der Waals surface area contributed by atoms with E-state index in [-0.39, 0.29) is 25.2 Å². The van der Waals surface area contributed by atoms with Gasteiger partial charge in [0, 0.05) is 38.5 Å². The topological polar surface area (TPSA) is 59.1 Å². The van der Waals surface area contributed by atoms with Gasteiger partial charge < -0.3 is 19.3 Å². The van der Waals surface area contributed by atoms with Crippen LogP contribution in [0.1, 0.15) is 28.8 Å². The number of halogens is 1. The Kier molecular flexibility index (Phi) is 3.72. The third-order valence-electron chi connectivity index (χ3n) is 5.39. The van der Waals surface area contributed by atoms with Gasteiger partial charge in [-0.15, -0.1) is 0 Å². The van der Waals surface area contributed by atoms with Crippen LogP contribution in [0.5, 0.6) is 0 Å². The highest BCUT2D eigenvalue weighted by Gasteiger charge is 2.46. The summed E-state index contributed by atoms with van der Waals surface area (Å²) in [5.74, 6) is -0.113. The molecule has 0 bridgehead atoms. The summed E-state index contributed by atoms with van der Waals surface area (Å²) in [5.41, 5.74) is -0.982. The van der Waals surface area contributed by atoms with E-state index in [9.17, 15) is 14.0 Å². The molecule has 0 unspecified atom stereocenters. The average molecular weight is 348 g/mol. The monoisotopic (exact) mass is 348 g/mol. The molecule has 4 rings (SSSR count). The highest BCUT2D eigenvalue weighted by molar-refractivity contribution is 5.94. The highest BCUT2D eigenvalue weighted by Crippen LogP contribution is 2.35. The Hall–Kier alpha value is -2.15. The van der Waals surface area contributed by atoms with Gasteiger partial charge in [0.1, 0.15) is 5.60 Å². The predicted molar refractivity (Wildman–Crippen MR) is 87.0 cm³/mol. The number of likely N-dealkylation sites (tertiary alicyclic amines) is 1. The largest absolute Gasteiger partial charge is 0.441 e. The Morgan fingerprint density at radius 1 is 1.24 bits per heavy atom. The second-order valence-corrected chi connectivity index (χ2v) is 7.24. The fourth-order valence-corrected chi connectivity index (χ4v) is 3.73. The number of ether oxygens (including phenoxy) is 2. The molecule has 1 aromatic carbocycles. The number of hydrogen-bond acceptors (Lipinski definition) is 4. The number of benzene rings is 1. The number of amides is 2. The summed E-state index contributed by atoms with van der Waals surface area (Å²) in [6, 6.07) is 6.74. The molecule has 3 heterocycles. The minimum absolute atomic E-state index is 0.0375. The fourth-order valence-electron chi connectivity index (χ4n) is 3.73. The minimum atomic E-state index is -1.48. The minimum Gasteiger partial charge on any atom is -0.441 e. The number of nitrogens with zero attached hydrogens (tertiary/aromatic N) is 2. The first-order chi connectivity index (χ1) is 11.9. The SMILES string of the molecule is CN1CC2(CCN(C(=O)c3cccc(C4(F)COC4)c3)CC2)OC1=O. The zero-order chi connectivity index (χ0) is 17.7. The van der Waals surface area contributed by atoms with E-state index < -0.39 is 11.3 Å². The lowest BCUT2D eigenvalue weighted by atomic mass is 9.90. The summed E-state index contributed by atoms with van der Waals surface area (Å²) in [4.78, 5) is 27.7. The number of hydrogen-bond donors (Lipinski definition) is 0. The Balaban J connectivity index is 1.44. The van der Waals surface area contributed by atoms with Gasteiger partial charge >= 0.3 is 6.09 Å². The van der Waals surface area contributed by atoms with Gasteiger partial charge in [-0.25, -0.2) is 9.18 Å². The van der Waals surface area contributed by atoms with Crippen LogP contribution in [0.25, 0.3) is 0 Å². The molecule has 1 aromatic rings. The molecule has 0 N–H and O–H groups in total. The molecule has 25 heavy (non-hydrogen) atoms. The first kappa shape index (κ1) is 16.3. The summed E-state index contributed by atoms with van der Waals surface area (Å²) >= 11 is 0. The van der Waals surface area contributed by atoms with E-state index in [0.717, 1.165) is 0 Å². The number of alkyl halides is 1. The van der Waals surface area contributed by atoms with Crippen molar-refractivity contribution in [2.24, 2.45) is 0 Å². The highest BCUT2D eigenvalue weighted by atomic mass is 19.1. The first-order valence-electron chi connectivity index (χ1n) is 8.52. The van der Waals surface area contributed by atoms with E-state index in [0.29, 0.717) is 43.6 Å². The van der Waals surface area contributed by atoms with Crippen molar-refractivity contribution >= 4 is 12.0 Å². The van der Waals surface area contributed by atoms with Gasteiger partial charge in [-0.1, -0.05) is 12.1 Å². The fraction of sp³-hybridized carbons (Fsp3) is 0.556. The van der Waals surface area contributed by atoms with E-state index in [1.165, 1.54) is 0 Å². The number of rotatable bonds is 2. The van der Waals surface area contributed by atoms with E-state index in [1.54, 1.807) is 41.1 Å². The van der Waals surface area contributed by atoms with Crippen LogP contribution in [0.4, 0.5) is 9.18 Å². The molecule has 0 aliphatic carbocycles. The van der Waals surface area contributed by atoms with Crippen LogP contribution < -0.4 is 0 Å². The number of carbonyl (C=O) groups is 2. The third-order valence-corrected chi connectivity index (χ3v) is 5.39. The van der Waals surface area contributed by atoms with Gasteiger partial charge in [0.05, 0.1) is 19.8 Å². The average Bonchev–Trinajstić information content (AvgIpc) is 2.86. The lowest BCUT2D eigenvalue weighted by Crippen LogP contribution is -2.48. The maximum absolute atomic E-state index is 14.5.